The van der Waals surface area contributed by atoms with E-state index in [0.29, 0.717) is 29.8 Å². The fourth-order valence-corrected chi connectivity index (χ4v) is 6.58. The first-order chi connectivity index (χ1) is 9.84. The number of aliphatic hydroxyl groups is 2. The molecule has 0 saturated heterocycles. The number of rotatable bonds is 5. The van der Waals surface area contributed by atoms with Crippen LogP contribution in [0.15, 0.2) is 0 Å². The van der Waals surface area contributed by atoms with Crippen LogP contribution in [0.25, 0.3) is 0 Å². The first-order valence-corrected chi connectivity index (χ1v) is 8.35. The summed E-state index contributed by atoms with van der Waals surface area (Å²) in [6.45, 7) is 5.36. The van der Waals surface area contributed by atoms with Crippen molar-refractivity contribution in [3.05, 3.63) is 0 Å². The van der Waals surface area contributed by atoms with Crippen LogP contribution in [0.3, 0.4) is 0 Å². The molecule has 4 saturated carbocycles. The SMILES string of the molecule is CC12CC3CC(C)(C1)CC(C(=O)N(CCO)CCO)(C3)C2. The molecule has 0 aromatic rings. The lowest BCUT2D eigenvalue weighted by Crippen LogP contribution is -2.60. The molecule has 0 spiro atoms. The number of amides is 1. The fraction of sp³-hybridized carbons (Fsp3) is 0.941. The smallest absolute Gasteiger partial charge is 0.228 e. The van der Waals surface area contributed by atoms with Crippen molar-refractivity contribution < 1.29 is 15.0 Å². The minimum absolute atomic E-state index is 0.0280. The second-order valence-corrected chi connectivity index (χ2v) is 8.65. The van der Waals surface area contributed by atoms with Gasteiger partial charge in [0.05, 0.1) is 18.6 Å². The molecule has 1 amide bonds. The summed E-state index contributed by atoms with van der Waals surface area (Å²) in [5.41, 5.74) is 0.398. The summed E-state index contributed by atoms with van der Waals surface area (Å²) in [6, 6.07) is 0. The molecule has 0 heterocycles. The molecule has 0 radical (unpaired) electrons. The van der Waals surface area contributed by atoms with Crippen molar-refractivity contribution in [2.45, 2.75) is 52.4 Å². The second kappa shape index (κ2) is 4.95. The van der Waals surface area contributed by atoms with Gasteiger partial charge in [0.15, 0.2) is 0 Å². The van der Waals surface area contributed by atoms with E-state index in [-0.39, 0.29) is 24.5 Å². The Morgan fingerprint density at radius 2 is 1.52 bits per heavy atom. The van der Waals surface area contributed by atoms with Crippen LogP contribution in [0.4, 0.5) is 0 Å². The summed E-state index contributed by atoms with van der Waals surface area (Å²) >= 11 is 0. The molecule has 0 aromatic carbocycles. The molecule has 2 unspecified atom stereocenters. The van der Waals surface area contributed by atoms with Crippen LogP contribution in [0.1, 0.15) is 52.4 Å². The van der Waals surface area contributed by atoms with Crippen molar-refractivity contribution in [1.82, 2.24) is 4.90 Å². The van der Waals surface area contributed by atoms with Gasteiger partial charge in [-0.25, -0.2) is 0 Å². The topological polar surface area (TPSA) is 60.8 Å². The first-order valence-electron chi connectivity index (χ1n) is 8.35. The van der Waals surface area contributed by atoms with Crippen LogP contribution in [0, 0.1) is 22.2 Å². The molecule has 0 aliphatic heterocycles. The zero-order valence-corrected chi connectivity index (χ0v) is 13.4. The lowest BCUT2D eigenvalue weighted by atomic mass is 9.40. The van der Waals surface area contributed by atoms with Gasteiger partial charge < -0.3 is 15.1 Å². The van der Waals surface area contributed by atoms with Crippen LogP contribution in [-0.4, -0.2) is 47.3 Å². The highest BCUT2D eigenvalue weighted by Crippen LogP contribution is 2.69. The number of aliphatic hydroxyl groups excluding tert-OH is 2. The first kappa shape index (κ1) is 15.3. The Kier molecular flexibility index (Phi) is 3.61. The van der Waals surface area contributed by atoms with Gasteiger partial charge in [-0.05, 0) is 55.3 Å². The van der Waals surface area contributed by atoms with E-state index in [9.17, 15) is 15.0 Å². The lowest BCUT2D eigenvalue weighted by Gasteiger charge is -2.65. The van der Waals surface area contributed by atoms with Gasteiger partial charge in [-0.15, -0.1) is 0 Å². The van der Waals surface area contributed by atoms with Crippen LogP contribution in [-0.2, 0) is 4.79 Å². The van der Waals surface area contributed by atoms with Crippen LogP contribution >= 0.6 is 0 Å². The van der Waals surface area contributed by atoms with E-state index in [4.69, 9.17) is 0 Å². The van der Waals surface area contributed by atoms with Crippen LogP contribution in [0.5, 0.6) is 0 Å². The Hall–Kier alpha value is -0.610. The van der Waals surface area contributed by atoms with Crippen molar-refractivity contribution in [2.75, 3.05) is 26.3 Å². The van der Waals surface area contributed by atoms with Crippen molar-refractivity contribution in [3.63, 3.8) is 0 Å². The molecule has 2 N–H and O–H groups in total. The molecular weight excluding hydrogens is 266 g/mol. The standard InChI is InChI=1S/C17H29NO3/c1-15-7-13-8-16(2,10-15)12-17(9-13,11-15)14(21)18(3-5-19)4-6-20/h13,19-20H,3-12H2,1-2H3. The number of nitrogens with zero attached hydrogens (tertiary/aromatic N) is 1. The highest BCUT2D eigenvalue weighted by Gasteiger charge is 2.63. The third-order valence-corrected chi connectivity index (χ3v) is 6.11. The monoisotopic (exact) mass is 295 g/mol. The van der Waals surface area contributed by atoms with E-state index in [1.165, 1.54) is 19.3 Å². The van der Waals surface area contributed by atoms with Gasteiger partial charge in [0.1, 0.15) is 0 Å². The highest BCUT2D eigenvalue weighted by molar-refractivity contribution is 5.83. The summed E-state index contributed by atoms with van der Waals surface area (Å²) in [7, 11) is 0. The average Bonchev–Trinajstić information content (AvgIpc) is 2.33. The summed E-state index contributed by atoms with van der Waals surface area (Å²) in [5.74, 6) is 0.873. The Morgan fingerprint density at radius 3 is 1.95 bits per heavy atom. The lowest BCUT2D eigenvalue weighted by molar-refractivity contribution is -0.180. The highest BCUT2D eigenvalue weighted by atomic mass is 16.3. The molecule has 0 aromatic heterocycles. The number of hydrogen-bond donors (Lipinski definition) is 2. The largest absolute Gasteiger partial charge is 0.395 e. The minimum atomic E-state index is -0.229. The molecular formula is C17H29NO3. The van der Waals surface area contributed by atoms with Gasteiger partial charge in [-0.1, -0.05) is 13.8 Å². The van der Waals surface area contributed by atoms with Gasteiger partial charge in [-0.2, -0.15) is 0 Å². The van der Waals surface area contributed by atoms with Gasteiger partial charge >= 0.3 is 0 Å². The zero-order chi connectivity index (χ0) is 15.3. The number of carbonyl (C=O) groups is 1. The maximum absolute atomic E-state index is 13.2. The third kappa shape index (κ3) is 2.50. The Balaban J connectivity index is 1.88. The normalized spacial score (nSPS) is 44.1. The molecule has 4 nitrogen and oxygen atoms in total. The summed E-state index contributed by atoms with van der Waals surface area (Å²) in [5, 5.41) is 18.4. The molecule has 4 rings (SSSR count). The predicted octanol–water partition coefficient (Wildman–Crippen LogP) is 1.80. The van der Waals surface area contributed by atoms with E-state index in [1.54, 1.807) is 4.90 Å². The van der Waals surface area contributed by atoms with Crippen molar-refractivity contribution in [2.24, 2.45) is 22.2 Å². The molecule has 2 atom stereocenters. The van der Waals surface area contributed by atoms with Gasteiger partial charge in [0.25, 0.3) is 0 Å². The molecule has 21 heavy (non-hydrogen) atoms. The fourth-order valence-electron chi connectivity index (χ4n) is 6.58. The summed E-state index contributed by atoms with van der Waals surface area (Å²) < 4.78 is 0. The van der Waals surface area contributed by atoms with Crippen molar-refractivity contribution in [3.8, 4) is 0 Å². The van der Waals surface area contributed by atoms with E-state index >= 15 is 0 Å². The van der Waals surface area contributed by atoms with E-state index in [1.807, 2.05) is 0 Å². The van der Waals surface area contributed by atoms with E-state index in [0.717, 1.165) is 19.3 Å². The molecule has 120 valence electrons. The second-order valence-electron chi connectivity index (χ2n) is 8.65. The average molecular weight is 295 g/mol. The van der Waals surface area contributed by atoms with Gasteiger partial charge in [0.2, 0.25) is 5.91 Å². The number of hydrogen-bond acceptors (Lipinski definition) is 3. The Morgan fingerprint density at radius 1 is 1.00 bits per heavy atom. The molecule has 4 fully saturated rings. The van der Waals surface area contributed by atoms with Crippen LogP contribution < -0.4 is 0 Å². The van der Waals surface area contributed by atoms with Crippen molar-refractivity contribution >= 4 is 5.91 Å². The van der Waals surface area contributed by atoms with Crippen molar-refractivity contribution in [1.29, 1.82) is 0 Å². The quantitative estimate of drug-likeness (QED) is 0.813. The molecule has 4 aliphatic carbocycles. The maximum atomic E-state index is 13.2. The maximum Gasteiger partial charge on any atom is 0.228 e. The molecule has 4 aliphatic rings. The Bertz CT molecular complexity index is 412. The molecule has 4 heteroatoms. The van der Waals surface area contributed by atoms with Gasteiger partial charge in [-0.3, -0.25) is 4.79 Å². The number of carbonyl (C=O) groups excluding carboxylic acids is 1. The minimum Gasteiger partial charge on any atom is -0.395 e. The van der Waals surface area contributed by atoms with E-state index in [2.05, 4.69) is 13.8 Å². The Labute approximate surface area is 127 Å². The van der Waals surface area contributed by atoms with Gasteiger partial charge in [0, 0.05) is 13.1 Å². The molecule has 4 bridgehead atoms. The summed E-state index contributed by atoms with van der Waals surface area (Å²) in [4.78, 5) is 14.9. The zero-order valence-electron chi connectivity index (χ0n) is 13.4. The third-order valence-electron chi connectivity index (χ3n) is 6.11. The van der Waals surface area contributed by atoms with E-state index < -0.39 is 0 Å². The van der Waals surface area contributed by atoms with Crippen LogP contribution in [0.2, 0.25) is 0 Å². The predicted molar refractivity (Wildman–Crippen MR) is 80.6 cm³/mol. The summed E-state index contributed by atoms with van der Waals surface area (Å²) in [6.07, 6.45) is 6.82.